The van der Waals surface area contributed by atoms with Crippen LogP contribution in [0.1, 0.15) is 19.8 Å². The van der Waals surface area contributed by atoms with E-state index in [-0.39, 0.29) is 0 Å². The SMILES string of the molecule is CC1CCNCC1.O=S. The first-order valence-corrected chi connectivity index (χ1v) is 3.60. The standard InChI is InChI=1S/C6H13N.OS/c1-6-2-4-7-5-3-6;1-2/h6-7H,2-5H2,1H3;. The molecule has 0 aromatic rings. The zero-order valence-electron chi connectivity index (χ0n) is 5.72. The Labute approximate surface area is 61.6 Å². The van der Waals surface area contributed by atoms with Crippen molar-refractivity contribution in [3.8, 4) is 0 Å². The van der Waals surface area contributed by atoms with Gasteiger partial charge in [-0.2, -0.15) is 4.21 Å². The van der Waals surface area contributed by atoms with Crippen LogP contribution in [0.25, 0.3) is 0 Å². The van der Waals surface area contributed by atoms with Gasteiger partial charge in [-0.25, -0.2) is 0 Å². The molecule has 3 heteroatoms. The van der Waals surface area contributed by atoms with Crippen LogP contribution < -0.4 is 5.32 Å². The van der Waals surface area contributed by atoms with Gasteiger partial charge in [0.25, 0.3) is 0 Å². The van der Waals surface area contributed by atoms with Crippen LogP contribution in [0.15, 0.2) is 0 Å². The highest BCUT2D eigenvalue weighted by Crippen LogP contribution is 2.08. The quantitative estimate of drug-likeness (QED) is 0.546. The molecule has 1 saturated heterocycles. The molecular weight excluding hydrogens is 134 g/mol. The van der Waals surface area contributed by atoms with Gasteiger partial charge in [0, 0.05) is 0 Å². The van der Waals surface area contributed by atoms with Gasteiger partial charge in [-0.05, 0) is 31.8 Å². The molecule has 54 valence electrons. The summed E-state index contributed by atoms with van der Waals surface area (Å²) in [6.45, 7) is 4.79. The van der Waals surface area contributed by atoms with Crippen LogP contribution in [0, 0.1) is 5.92 Å². The molecule has 1 heterocycles. The Morgan fingerprint density at radius 2 is 1.78 bits per heavy atom. The lowest BCUT2D eigenvalue weighted by molar-refractivity contribution is 0.402. The molecular formula is C6H13NOS. The van der Waals surface area contributed by atoms with E-state index < -0.39 is 0 Å². The molecule has 0 atom stereocenters. The molecule has 0 amide bonds. The van der Waals surface area contributed by atoms with Gasteiger partial charge < -0.3 is 5.32 Å². The van der Waals surface area contributed by atoms with E-state index >= 15 is 0 Å². The minimum absolute atomic E-state index is 0.973. The van der Waals surface area contributed by atoms with Crippen LogP contribution in [0.3, 0.4) is 0 Å². The van der Waals surface area contributed by atoms with Gasteiger partial charge in [-0.3, -0.25) is 0 Å². The molecule has 1 aliphatic rings. The van der Waals surface area contributed by atoms with E-state index in [1.165, 1.54) is 25.9 Å². The minimum Gasteiger partial charge on any atom is -0.317 e. The van der Waals surface area contributed by atoms with Crippen molar-refractivity contribution in [3.05, 3.63) is 0 Å². The summed E-state index contributed by atoms with van der Waals surface area (Å²) in [6, 6.07) is 0. The molecule has 1 rings (SSSR count). The Bertz CT molecular complexity index is 64.1. The Kier molecular flexibility index (Phi) is 6.09. The van der Waals surface area contributed by atoms with Crippen LogP contribution in [0.4, 0.5) is 0 Å². The fraction of sp³-hybridized carbons (Fsp3) is 1.00. The highest BCUT2D eigenvalue weighted by atomic mass is 32.1. The lowest BCUT2D eigenvalue weighted by Crippen LogP contribution is -2.26. The first-order chi connectivity index (χ1) is 4.39. The molecule has 0 radical (unpaired) electrons. The predicted molar refractivity (Wildman–Crippen MR) is 39.4 cm³/mol. The first kappa shape index (κ1) is 8.98. The maximum atomic E-state index is 7.83. The molecule has 1 aliphatic heterocycles. The van der Waals surface area contributed by atoms with Gasteiger partial charge in [0.1, 0.15) is 0 Å². The van der Waals surface area contributed by atoms with E-state index in [9.17, 15) is 0 Å². The summed E-state index contributed by atoms with van der Waals surface area (Å²) >= 11 is 2.83. The fourth-order valence-corrected chi connectivity index (χ4v) is 0.966. The van der Waals surface area contributed by atoms with Gasteiger partial charge in [0.2, 0.25) is 0 Å². The van der Waals surface area contributed by atoms with Gasteiger partial charge >= 0.3 is 0 Å². The lowest BCUT2D eigenvalue weighted by atomic mass is 10.0. The second kappa shape index (κ2) is 6.11. The van der Waals surface area contributed by atoms with Gasteiger partial charge in [-0.1, -0.05) is 6.92 Å². The smallest absolute Gasteiger partial charge is 0.197 e. The van der Waals surface area contributed by atoms with Crippen molar-refractivity contribution in [1.29, 1.82) is 0 Å². The largest absolute Gasteiger partial charge is 0.317 e. The highest BCUT2D eigenvalue weighted by molar-refractivity contribution is 7.44. The molecule has 2 nitrogen and oxygen atoms in total. The van der Waals surface area contributed by atoms with E-state index in [4.69, 9.17) is 4.21 Å². The first-order valence-electron chi connectivity index (χ1n) is 3.27. The molecule has 0 spiro atoms. The summed E-state index contributed by atoms with van der Waals surface area (Å²) in [5.41, 5.74) is 0. The van der Waals surface area contributed by atoms with E-state index in [1.807, 2.05) is 0 Å². The van der Waals surface area contributed by atoms with Crippen LogP contribution in [0.5, 0.6) is 0 Å². The molecule has 1 N–H and O–H groups in total. The summed E-state index contributed by atoms with van der Waals surface area (Å²) in [5.74, 6) is 0.973. The lowest BCUT2D eigenvalue weighted by Gasteiger charge is -2.17. The number of piperidine rings is 1. The highest BCUT2D eigenvalue weighted by Gasteiger charge is 2.04. The zero-order valence-corrected chi connectivity index (χ0v) is 6.54. The zero-order chi connectivity index (χ0) is 7.11. The van der Waals surface area contributed by atoms with Crippen LogP contribution in [-0.4, -0.2) is 17.3 Å². The predicted octanol–water partition coefficient (Wildman–Crippen LogP) is 0.670. The van der Waals surface area contributed by atoms with Gasteiger partial charge in [-0.15, -0.1) is 0 Å². The number of hydrogen-bond donors (Lipinski definition) is 1. The van der Waals surface area contributed by atoms with Crippen LogP contribution in [0.2, 0.25) is 0 Å². The molecule has 9 heavy (non-hydrogen) atoms. The monoisotopic (exact) mass is 147 g/mol. The van der Waals surface area contributed by atoms with Crippen molar-refractivity contribution in [2.24, 2.45) is 5.92 Å². The second-order valence-electron chi connectivity index (χ2n) is 2.43. The number of nitrogens with one attached hydrogen (secondary N) is 1. The molecule has 0 unspecified atom stereocenters. The minimum atomic E-state index is 0.973. The third-order valence-electron chi connectivity index (χ3n) is 1.63. The number of hydrogen-bond acceptors (Lipinski definition) is 3. The van der Waals surface area contributed by atoms with Crippen LogP contribution >= 0.6 is 0 Å². The van der Waals surface area contributed by atoms with E-state index in [0.29, 0.717) is 0 Å². The van der Waals surface area contributed by atoms with Crippen molar-refractivity contribution in [2.75, 3.05) is 13.1 Å². The Balaban J connectivity index is 0.000000291. The van der Waals surface area contributed by atoms with Crippen molar-refractivity contribution in [2.45, 2.75) is 19.8 Å². The molecule has 0 bridgehead atoms. The Hall–Kier alpha value is -0.0200. The average molecular weight is 147 g/mol. The normalized spacial score (nSPS) is 20.1. The van der Waals surface area contributed by atoms with Crippen molar-refractivity contribution < 1.29 is 4.21 Å². The topological polar surface area (TPSA) is 29.1 Å². The molecule has 1 fully saturated rings. The molecule has 0 aromatic carbocycles. The molecule has 0 saturated carbocycles. The van der Waals surface area contributed by atoms with Crippen molar-refractivity contribution in [1.82, 2.24) is 5.32 Å². The fourth-order valence-electron chi connectivity index (χ4n) is 0.966. The van der Waals surface area contributed by atoms with E-state index in [2.05, 4.69) is 24.8 Å². The van der Waals surface area contributed by atoms with E-state index in [1.54, 1.807) is 0 Å². The van der Waals surface area contributed by atoms with Crippen molar-refractivity contribution >= 4 is 12.5 Å². The average Bonchev–Trinajstić information content (AvgIpc) is 1.94. The van der Waals surface area contributed by atoms with E-state index in [0.717, 1.165) is 5.92 Å². The Morgan fingerprint density at radius 1 is 1.33 bits per heavy atom. The Morgan fingerprint density at radius 3 is 2.00 bits per heavy atom. The summed E-state index contributed by atoms with van der Waals surface area (Å²) in [7, 11) is 0. The number of rotatable bonds is 0. The maximum Gasteiger partial charge on any atom is 0.197 e. The summed E-state index contributed by atoms with van der Waals surface area (Å²) in [6.07, 6.45) is 2.75. The summed E-state index contributed by atoms with van der Waals surface area (Å²) < 4.78 is 7.83. The third-order valence-corrected chi connectivity index (χ3v) is 1.63. The maximum absolute atomic E-state index is 7.83. The summed E-state index contributed by atoms with van der Waals surface area (Å²) in [4.78, 5) is 0. The molecule has 0 aromatic heterocycles. The third kappa shape index (κ3) is 4.48. The second-order valence-corrected chi connectivity index (χ2v) is 2.43. The van der Waals surface area contributed by atoms with Gasteiger partial charge in [0.15, 0.2) is 12.5 Å². The molecule has 0 aliphatic carbocycles. The van der Waals surface area contributed by atoms with Gasteiger partial charge in [0.05, 0.1) is 0 Å². The van der Waals surface area contributed by atoms with Crippen molar-refractivity contribution in [3.63, 3.8) is 0 Å². The van der Waals surface area contributed by atoms with Crippen LogP contribution in [-0.2, 0) is 12.5 Å². The summed E-state index contributed by atoms with van der Waals surface area (Å²) in [5, 5.41) is 3.32.